The van der Waals surface area contributed by atoms with Gasteiger partial charge in [-0.25, -0.2) is 0 Å². The van der Waals surface area contributed by atoms with Gasteiger partial charge < -0.3 is 4.57 Å². The predicted molar refractivity (Wildman–Crippen MR) is 87.6 cm³/mol. The van der Waals surface area contributed by atoms with E-state index >= 15 is 0 Å². The molecule has 0 N–H and O–H groups in total. The summed E-state index contributed by atoms with van der Waals surface area (Å²) in [5.74, 6) is 0. The molecule has 3 rings (SSSR count). The standard InChI is InChI=1S/C19H17NO/c1-2-16(14-15-8-4-3-5-9-15)20-13-12-19(21)17-10-6-7-11-18(17)20/h2-13,16H,1,14H2. The second kappa shape index (κ2) is 5.80. The van der Waals surface area contributed by atoms with Crippen molar-refractivity contribution in [3.8, 4) is 0 Å². The van der Waals surface area contributed by atoms with Crippen LogP contribution in [0.5, 0.6) is 0 Å². The van der Waals surface area contributed by atoms with Crippen LogP contribution in [0.2, 0.25) is 0 Å². The van der Waals surface area contributed by atoms with E-state index in [1.54, 1.807) is 6.07 Å². The molecule has 2 aromatic carbocycles. The molecule has 1 heterocycles. The first-order chi connectivity index (χ1) is 10.3. The van der Waals surface area contributed by atoms with E-state index in [-0.39, 0.29) is 11.5 Å². The summed E-state index contributed by atoms with van der Waals surface area (Å²) in [5, 5.41) is 0.750. The second-order valence-electron chi connectivity index (χ2n) is 5.10. The number of hydrogen-bond acceptors (Lipinski definition) is 1. The van der Waals surface area contributed by atoms with Gasteiger partial charge in [0.05, 0.1) is 11.6 Å². The van der Waals surface area contributed by atoms with Crippen molar-refractivity contribution in [2.45, 2.75) is 12.5 Å². The SMILES string of the molecule is C=CC(Cc1ccccc1)n1ccc(=O)c2ccccc21. The summed E-state index contributed by atoms with van der Waals surface area (Å²) < 4.78 is 2.12. The van der Waals surface area contributed by atoms with E-state index in [9.17, 15) is 4.79 Å². The number of fused-ring (bicyclic) bond motifs is 1. The molecule has 0 aliphatic heterocycles. The number of nitrogens with zero attached hydrogens (tertiary/aromatic N) is 1. The lowest BCUT2D eigenvalue weighted by Gasteiger charge is -2.19. The Morgan fingerprint density at radius 1 is 1.00 bits per heavy atom. The van der Waals surface area contributed by atoms with Gasteiger partial charge in [0, 0.05) is 17.6 Å². The maximum Gasteiger partial charge on any atom is 0.189 e. The summed E-state index contributed by atoms with van der Waals surface area (Å²) in [7, 11) is 0. The van der Waals surface area contributed by atoms with Gasteiger partial charge in [-0.15, -0.1) is 6.58 Å². The monoisotopic (exact) mass is 275 g/mol. The predicted octanol–water partition coefficient (Wildman–Crippen LogP) is 3.97. The summed E-state index contributed by atoms with van der Waals surface area (Å²) in [5.41, 5.74) is 2.26. The molecule has 0 radical (unpaired) electrons. The van der Waals surface area contributed by atoms with Crippen molar-refractivity contribution in [2.75, 3.05) is 0 Å². The van der Waals surface area contributed by atoms with Crippen LogP contribution in [0, 0.1) is 0 Å². The highest BCUT2D eigenvalue weighted by molar-refractivity contribution is 5.78. The largest absolute Gasteiger partial charge is 0.340 e. The average Bonchev–Trinajstić information content (AvgIpc) is 2.55. The first kappa shape index (κ1) is 13.4. The van der Waals surface area contributed by atoms with Crippen LogP contribution in [0.25, 0.3) is 10.9 Å². The van der Waals surface area contributed by atoms with Gasteiger partial charge in [-0.3, -0.25) is 4.79 Å². The molecule has 0 bridgehead atoms. The van der Waals surface area contributed by atoms with Gasteiger partial charge in [0.2, 0.25) is 0 Å². The molecule has 0 aliphatic rings. The highest BCUT2D eigenvalue weighted by atomic mass is 16.1. The topological polar surface area (TPSA) is 22.0 Å². The minimum Gasteiger partial charge on any atom is -0.340 e. The Hall–Kier alpha value is -2.61. The number of aromatic nitrogens is 1. The van der Waals surface area contributed by atoms with Gasteiger partial charge >= 0.3 is 0 Å². The average molecular weight is 275 g/mol. The number of rotatable bonds is 4. The summed E-state index contributed by atoms with van der Waals surface area (Å²) in [4.78, 5) is 12.0. The van der Waals surface area contributed by atoms with Crippen molar-refractivity contribution in [3.63, 3.8) is 0 Å². The minimum atomic E-state index is 0.0596. The van der Waals surface area contributed by atoms with E-state index in [1.165, 1.54) is 5.56 Å². The third-order valence-corrected chi connectivity index (χ3v) is 3.75. The second-order valence-corrected chi connectivity index (χ2v) is 5.10. The van der Waals surface area contributed by atoms with Gasteiger partial charge in [0.1, 0.15) is 0 Å². The van der Waals surface area contributed by atoms with E-state index in [1.807, 2.05) is 54.7 Å². The molecule has 1 unspecified atom stereocenters. The lowest BCUT2D eigenvalue weighted by atomic mass is 10.0. The van der Waals surface area contributed by atoms with Gasteiger partial charge in [-0.1, -0.05) is 48.5 Å². The van der Waals surface area contributed by atoms with Gasteiger partial charge in [0.25, 0.3) is 0 Å². The summed E-state index contributed by atoms with van der Waals surface area (Å²) in [6.45, 7) is 3.96. The third kappa shape index (κ3) is 2.65. The molecular formula is C19H17NO. The smallest absolute Gasteiger partial charge is 0.189 e. The molecule has 0 saturated carbocycles. The maximum atomic E-state index is 12.0. The van der Waals surface area contributed by atoms with Crippen LogP contribution >= 0.6 is 0 Å². The molecule has 0 spiro atoms. The Morgan fingerprint density at radius 2 is 1.71 bits per heavy atom. The highest BCUT2D eigenvalue weighted by Crippen LogP contribution is 2.20. The van der Waals surface area contributed by atoms with Gasteiger partial charge in [0.15, 0.2) is 5.43 Å². The first-order valence-corrected chi connectivity index (χ1v) is 7.06. The number of hydrogen-bond donors (Lipinski definition) is 0. The van der Waals surface area contributed by atoms with Crippen LogP contribution < -0.4 is 5.43 Å². The van der Waals surface area contributed by atoms with E-state index in [0.29, 0.717) is 0 Å². The molecule has 2 heteroatoms. The lowest BCUT2D eigenvalue weighted by Crippen LogP contribution is -2.14. The van der Waals surface area contributed by atoms with Crippen molar-refractivity contribution >= 4 is 10.9 Å². The van der Waals surface area contributed by atoms with Gasteiger partial charge in [-0.2, -0.15) is 0 Å². The zero-order valence-corrected chi connectivity index (χ0v) is 11.8. The van der Waals surface area contributed by atoms with E-state index in [2.05, 4.69) is 23.3 Å². The Kier molecular flexibility index (Phi) is 3.69. The maximum absolute atomic E-state index is 12.0. The molecule has 1 aromatic heterocycles. The zero-order chi connectivity index (χ0) is 14.7. The van der Waals surface area contributed by atoms with E-state index in [4.69, 9.17) is 0 Å². The van der Waals surface area contributed by atoms with Crippen molar-refractivity contribution in [1.29, 1.82) is 0 Å². The molecule has 21 heavy (non-hydrogen) atoms. The third-order valence-electron chi connectivity index (χ3n) is 3.75. The van der Waals surface area contributed by atoms with E-state index < -0.39 is 0 Å². The lowest BCUT2D eigenvalue weighted by molar-refractivity contribution is 0.618. The van der Waals surface area contributed by atoms with Crippen LogP contribution in [-0.2, 0) is 6.42 Å². The van der Waals surface area contributed by atoms with Crippen LogP contribution in [-0.4, -0.2) is 4.57 Å². The first-order valence-electron chi connectivity index (χ1n) is 7.06. The number of pyridine rings is 1. The molecule has 0 fully saturated rings. The molecular weight excluding hydrogens is 258 g/mol. The quantitative estimate of drug-likeness (QED) is 0.660. The molecule has 1 atom stereocenters. The van der Waals surface area contributed by atoms with Crippen LogP contribution in [0.3, 0.4) is 0 Å². The van der Waals surface area contributed by atoms with Gasteiger partial charge in [-0.05, 0) is 24.1 Å². The molecule has 0 aliphatic carbocycles. The van der Waals surface area contributed by atoms with Crippen molar-refractivity contribution in [2.24, 2.45) is 0 Å². The Bertz CT molecular complexity index is 818. The van der Waals surface area contributed by atoms with Crippen molar-refractivity contribution in [1.82, 2.24) is 4.57 Å². The van der Waals surface area contributed by atoms with Crippen LogP contribution in [0.15, 0.2) is 84.3 Å². The molecule has 0 amide bonds. The fourth-order valence-electron chi connectivity index (χ4n) is 2.67. The normalized spacial score (nSPS) is 12.2. The number of benzene rings is 2. The van der Waals surface area contributed by atoms with E-state index in [0.717, 1.165) is 17.3 Å². The Balaban J connectivity index is 2.07. The van der Waals surface area contributed by atoms with Crippen molar-refractivity contribution < 1.29 is 0 Å². The Labute approximate surface area is 124 Å². The van der Waals surface area contributed by atoms with Crippen LogP contribution in [0.1, 0.15) is 11.6 Å². The summed E-state index contributed by atoms with van der Waals surface area (Å²) in [6.07, 6.45) is 4.65. The minimum absolute atomic E-state index is 0.0596. The summed E-state index contributed by atoms with van der Waals surface area (Å²) >= 11 is 0. The van der Waals surface area contributed by atoms with Crippen molar-refractivity contribution in [3.05, 3.63) is 95.3 Å². The molecule has 104 valence electrons. The highest BCUT2D eigenvalue weighted by Gasteiger charge is 2.10. The summed E-state index contributed by atoms with van der Waals surface area (Å²) in [6, 6.07) is 19.8. The number of para-hydroxylation sites is 1. The van der Waals surface area contributed by atoms with Crippen LogP contribution in [0.4, 0.5) is 0 Å². The molecule has 0 saturated heterocycles. The number of allylic oxidation sites excluding steroid dienone is 1. The molecule has 2 nitrogen and oxygen atoms in total. The zero-order valence-electron chi connectivity index (χ0n) is 11.8. The fraction of sp³-hybridized carbons (Fsp3) is 0.105. The fourth-order valence-corrected chi connectivity index (χ4v) is 2.67. The molecule has 3 aromatic rings. The Morgan fingerprint density at radius 3 is 2.48 bits per heavy atom.